The van der Waals surface area contributed by atoms with Crippen LogP contribution in [0.1, 0.15) is 75.6 Å². The van der Waals surface area contributed by atoms with Gasteiger partial charge in [-0.1, -0.05) is 13.8 Å². The fourth-order valence-electron chi connectivity index (χ4n) is 8.59. The van der Waals surface area contributed by atoms with Crippen molar-refractivity contribution in [2.75, 3.05) is 31.5 Å². The van der Waals surface area contributed by atoms with Crippen molar-refractivity contribution >= 4 is 23.5 Å². The van der Waals surface area contributed by atoms with E-state index in [0.29, 0.717) is 48.3 Å². The highest BCUT2D eigenvalue weighted by atomic mass is 16.2. The van der Waals surface area contributed by atoms with Crippen molar-refractivity contribution in [2.45, 2.75) is 70.8 Å². The molecule has 0 spiro atoms. The molecule has 2 unspecified atom stereocenters. The maximum atomic E-state index is 13.0. The first-order valence-corrected chi connectivity index (χ1v) is 13.4. The number of piperazine rings is 1. The predicted octanol–water partition coefficient (Wildman–Crippen LogP) is 4.25. The Labute approximate surface area is 208 Å². The minimum atomic E-state index is -0.144. The maximum absolute atomic E-state index is 13.0. The Hall–Kier alpha value is -2.57. The zero-order valence-electron chi connectivity index (χ0n) is 21.1. The predicted molar refractivity (Wildman–Crippen MR) is 134 cm³/mol. The second-order valence-electron chi connectivity index (χ2n) is 13.0. The van der Waals surface area contributed by atoms with Gasteiger partial charge in [-0.05, 0) is 92.4 Å². The zero-order chi connectivity index (χ0) is 24.4. The Bertz CT molecular complexity index is 1020. The van der Waals surface area contributed by atoms with Crippen LogP contribution in [0.5, 0.6) is 0 Å². The summed E-state index contributed by atoms with van der Waals surface area (Å²) in [6, 6.07) is 7.04. The van der Waals surface area contributed by atoms with Crippen LogP contribution in [0.15, 0.2) is 24.3 Å². The Morgan fingerprint density at radius 2 is 1.43 bits per heavy atom. The first-order valence-electron chi connectivity index (χ1n) is 13.4. The molecule has 1 aromatic carbocycles. The molecule has 0 radical (unpaired) electrons. The molecule has 188 valence electrons. The molecule has 1 aromatic rings. The number of anilines is 1. The molecule has 5 aliphatic carbocycles. The summed E-state index contributed by atoms with van der Waals surface area (Å²) in [5.41, 5.74) is 1.91. The molecular weight excluding hydrogens is 440 g/mol. The van der Waals surface area contributed by atoms with Gasteiger partial charge in [0.15, 0.2) is 0 Å². The van der Waals surface area contributed by atoms with Crippen LogP contribution in [0.4, 0.5) is 10.5 Å². The number of amides is 4. The van der Waals surface area contributed by atoms with Gasteiger partial charge >= 0.3 is 6.03 Å². The van der Waals surface area contributed by atoms with Crippen LogP contribution in [0, 0.1) is 22.7 Å². The van der Waals surface area contributed by atoms with E-state index in [9.17, 15) is 14.4 Å². The standard InChI is InChI=1S/C28H38N4O3/c1-26-13-19-14-27(2,16-26)18-28(15-19,17-26)30-25(35)29-22-7-5-21(6-8-22)24(34)32-11-9-31(10-12-32)23(33)20-3-4-20/h5-8,19-20H,3-4,9-18H2,1-2H3,(H2,29,30,35)/t19?,26-,27+,28?. The van der Waals surface area contributed by atoms with Crippen LogP contribution in [0.2, 0.25) is 0 Å². The molecule has 7 nitrogen and oxygen atoms in total. The van der Waals surface area contributed by atoms with Gasteiger partial charge in [0.25, 0.3) is 5.91 Å². The molecule has 1 heterocycles. The first-order chi connectivity index (χ1) is 16.6. The van der Waals surface area contributed by atoms with E-state index in [1.54, 1.807) is 12.1 Å². The summed E-state index contributed by atoms with van der Waals surface area (Å²) in [5.74, 6) is 1.18. The van der Waals surface area contributed by atoms with E-state index < -0.39 is 0 Å². The lowest BCUT2D eigenvalue weighted by Gasteiger charge is -2.65. The molecule has 1 aliphatic heterocycles. The quantitative estimate of drug-likeness (QED) is 0.679. The van der Waals surface area contributed by atoms with E-state index in [2.05, 4.69) is 24.5 Å². The van der Waals surface area contributed by atoms with Gasteiger partial charge in [-0.25, -0.2) is 4.79 Å². The van der Waals surface area contributed by atoms with Crippen molar-refractivity contribution in [1.82, 2.24) is 15.1 Å². The third kappa shape index (κ3) is 4.43. The van der Waals surface area contributed by atoms with Gasteiger partial charge in [0.2, 0.25) is 5.91 Å². The normalized spacial score (nSPS) is 35.7. The lowest BCUT2D eigenvalue weighted by molar-refractivity contribution is -0.134. The summed E-state index contributed by atoms with van der Waals surface area (Å²) in [5, 5.41) is 6.38. The molecule has 7 heteroatoms. The van der Waals surface area contributed by atoms with E-state index in [1.807, 2.05) is 21.9 Å². The Kier molecular flexibility index (Phi) is 5.21. The SMILES string of the molecule is C[C@]12CC3CC(NC(=O)Nc4ccc(C(=O)N5CCN(C(=O)C6CC6)CC5)cc4)(C1)C[C@@](C)(C3)C2. The number of urea groups is 1. The van der Waals surface area contributed by atoms with E-state index >= 15 is 0 Å². The molecule has 4 amide bonds. The summed E-state index contributed by atoms with van der Waals surface area (Å²) in [7, 11) is 0. The van der Waals surface area contributed by atoms with Gasteiger partial charge in [-0.3, -0.25) is 9.59 Å². The second kappa shape index (κ2) is 7.97. The molecule has 1 saturated heterocycles. The van der Waals surface area contributed by atoms with E-state index in [-0.39, 0.29) is 29.3 Å². The smallest absolute Gasteiger partial charge is 0.319 e. The van der Waals surface area contributed by atoms with Crippen LogP contribution in [-0.2, 0) is 4.79 Å². The number of hydrogen-bond acceptors (Lipinski definition) is 3. The highest BCUT2D eigenvalue weighted by Crippen LogP contribution is 2.66. The molecule has 35 heavy (non-hydrogen) atoms. The van der Waals surface area contributed by atoms with Crippen LogP contribution in [0.3, 0.4) is 0 Å². The average Bonchev–Trinajstić information content (AvgIpc) is 3.61. The number of hydrogen-bond donors (Lipinski definition) is 2. The van der Waals surface area contributed by atoms with Gasteiger partial charge in [-0.2, -0.15) is 0 Å². The summed E-state index contributed by atoms with van der Waals surface area (Å²) in [6.45, 7) is 7.18. The van der Waals surface area contributed by atoms with Crippen molar-refractivity contribution in [2.24, 2.45) is 22.7 Å². The fourth-order valence-corrected chi connectivity index (χ4v) is 8.59. The number of carbonyl (C=O) groups excluding carboxylic acids is 3. The van der Waals surface area contributed by atoms with Crippen LogP contribution >= 0.6 is 0 Å². The van der Waals surface area contributed by atoms with Crippen molar-refractivity contribution in [1.29, 1.82) is 0 Å². The zero-order valence-corrected chi connectivity index (χ0v) is 21.1. The van der Waals surface area contributed by atoms with E-state index in [0.717, 1.165) is 38.0 Å². The van der Waals surface area contributed by atoms with Gasteiger partial charge in [0, 0.05) is 48.9 Å². The van der Waals surface area contributed by atoms with Crippen molar-refractivity contribution in [3.05, 3.63) is 29.8 Å². The summed E-state index contributed by atoms with van der Waals surface area (Å²) in [4.78, 5) is 41.9. The van der Waals surface area contributed by atoms with Gasteiger partial charge in [-0.15, -0.1) is 0 Å². The lowest BCUT2D eigenvalue weighted by atomic mass is 9.43. The minimum Gasteiger partial charge on any atom is -0.339 e. The van der Waals surface area contributed by atoms with Crippen molar-refractivity contribution in [3.63, 3.8) is 0 Å². The number of carbonyl (C=O) groups is 3. The highest BCUT2D eigenvalue weighted by Gasteiger charge is 2.60. The molecule has 5 saturated carbocycles. The van der Waals surface area contributed by atoms with Crippen LogP contribution < -0.4 is 10.6 Å². The Morgan fingerprint density at radius 3 is 2.00 bits per heavy atom. The number of nitrogens with zero attached hydrogens (tertiary/aromatic N) is 2. The molecular formula is C28H38N4O3. The van der Waals surface area contributed by atoms with Crippen LogP contribution in [0.25, 0.3) is 0 Å². The topological polar surface area (TPSA) is 81.8 Å². The molecule has 6 aliphatic rings. The molecule has 4 bridgehead atoms. The molecule has 6 fully saturated rings. The van der Waals surface area contributed by atoms with Crippen molar-refractivity contribution < 1.29 is 14.4 Å². The van der Waals surface area contributed by atoms with Gasteiger partial charge in [0.05, 0.1) is 0 Å². The molecule has 0 aromatic heterocycles. The number of nitrogens with one attached hydrogen (secondary N) is 2. The highest BCUT2D eigenvalue weighted by molar-refractivity contribution is 5.96. The third-order valence-electron chi connectivity index (χ3n) is 9.20. The van der Waals surface area contributed by atoms with Gasteiger partial charge < -0.3 is 20.4 Å². The molecule has 4 atom stereocenters. The first kappa shape index (κ1) is 22.9. The maximum Gasteiger partial charge on any atom is 0.319 e. The van der Waals surface area contributed by atoms with Crippen molar-refractivity contribution in [3.8, 4) is 0 Å². The molecule has 7 rings (SSSR count). The minimum absolute atomic E-state index is 0.0189. The third-order valence-corrected chi connectivity index (χ3v) is 9.20. The number of benzene rings is 1. The largest absolute Gasteiger partial charge is 0.339 e. The van der Waals surface area contributed by atoms with E-state index in [4.69, 9.17) is 0 Å². The Balaban J connectivity index is 1.04. The lowest BCUT2D eigenvalue weighted by Crippen LogP contribution is -2.65. The Morgan fingerprint density at radius 1 is 0.829 bits per heavy atom. The van der Waals surface area contributed by atoms with E-state index in [1.165, 1.54) is 19.3 Å². The number of rotatable bonds is 4. The summed E-state index contributed by atoms with van der Waals surface area (Å²) >= 11 is 0. The van der Waals surface area contributed by atoms with Crippen LogP contribution in [-0.4, -0.2) is 59.4 Å². The summed E-state index contributed by atoms with van der Waals surface area (Å²) in [6.07, 6.45) is 9.15. The monoisotopic (exact) mass is 478 g/mol. The second-order valence-corrected chi connectivity index (χ2v) is 13.0. The molecule has 2 N–H and O–H groups in total. The summed E-state index contributed by atoms with van der Waals surface area (Å²) < 4.78 is 0. The fraction of sp³-hybridized carbons (Fsp3) is 0.679. The van der Waals surface area contributed by atoms with Gasteiger partial charge in [0.1, 0.15) is 0 Å². The average molecular weight is 479 g/mol.